The van der Waals surface area contributed by atoms with Crippen LogP contribution in [0, 0.1) is 0 Å². The number of anilines is 2. The average molecular weight is 324 g/mol. The van der Waals surface area contributed by atoms with Crippen LogP contribution in [0.4, 0.5) is 11.4 Å². The van der Waals surface area contributed by atoms with E-state index in [4.69, 9.17) is 0 Å². The van der Waals surface area contributed by atoms with Crippen LogP contribution in [0.5, 0.6) is 0 Å². The number of carbonyl (C=O) groups is 1. The van der Waals surface area contributed by atoms with Crippen LogP contribution < -0.4 is 10.6 Å². The van der Waals surface area contributed by atoms with E-state index in [1.165, 1.54) is 10.5 Å². The Bertz CT molecular complexity index is 740. The van der Waals surface area contributed by atoms with Crippen molar-refractivity contribution in [2.45, 2.75) is 11.3 Å². The maximum Gasteiger partial charge on any atom is 0.153 e. The molecule has 2 aromatic rings. The van der Waals surface area contributed by atoms with Crippen LogP contribution in [0.25, 0.3) is 12.2 Å². The van der Waals surface area contributed by atoms with E-state index in [0.29, 0.717) is 19.5 Å². The Hall–Kier alpha value is -2.20. The summed E-state index contributed by atoms with van der Waals surface area (Å²) in [6.07, 6.45) is 6.89. The van der Waals surface area contributed by atoms with Gasteiger partial charge < -0.3 is 10.6 Å². The molecule has 3 nitrogen and oxygen atoms in total. The molecule has 0 aliphatic carbocycles. The number of thioether (sulfide) groups is 1. The van der Waals surface area contributed by atoms with E-state index in [-0.39, 0.29) is 5.78 Å². The highest BCUT2D eigenvalue weighted by Crippen LogP contribution is 2.29. The van der Waals surface area contributed by atoms with Crippen molar-refractivity contribution in [3.05, 3.63) is 53.6 Å². The largest absolute Gasteiger partial charge is 0.382 e. The fourth-order valence-corrected chi connectivity index (χ4v) is 3.06. The van der Waals surface area contributed by atoms with E-state index in [9.17, 15) is 4.79 Å². The number of hydrogen-bond donors (Lipinski definition) is 2. The molecule has 0 atom stereocenters. The van der Waals surface area contributed by atoms with Crippen molar-refractivity contribution >= 4 is 41.1 Å². The fraction of sp³-hybridized carbons (Fsp3) is 0.211. The molecular weight excluding hydrogens is 304 g/mol. The van der Waals surface area contributed by atoms with Crippen LogP contribution in [0.3, 0.4) is 0 Å². The van der Waals surface area contributed by atoms with Crippen LogP contribution in [0.1, 0.15) is 17.5 Å². The first-order valence-corrected chi connectivity index (χ1v) is 8.93. The molecule has 0 amide bonds. The van der Waals surface area contributed by atoms with Crippen LogP contribution in [0.15, 0.2) is 47.4 Å². The normalized spacial score (nSPS) is 14.6. The lowest BCUT2D eigenvalue weighted by Crippen LogP contribution is -2.21. The second-order valence-corrected chi connectivity index (χ2v) is 6.33. The van der Waals surface area contributed by atoms with Gasteiger partial charge in [-0.15, -0.1) is 11.8 Å². The Morgan fingerprint density at radius 1 is 1.09 bits per heavy atom. The Balaban J connectivity index is 1.88. The standard InChI is InChI=1S/C19H20N2OS/c1-23-17-6-2-4-14(12-17)8-9-15-5-3-7-18-19(15)20-11-10-16(22)13-21-18/h2-9,12,20-21H,10-11,13H2,1H3/b9-8+. The number of rotatable bonds is 3. The van der Waals surface area contributed by atoms with Crippen molar-refractivity contribution in [2.75, 3.05) is 30.0 Å². The van der Waals surface area contributed by atoms with E-state index in [1.807, 2.05) is 12.1 Å². The van der Waals surface area contributed by atoms with Crippen molar-refractivity contribution in [3.63, 3.8) is 0 Å². The lowest BCUT2D eigenvalue weighted by Gasteiger charge is -2.19. The van der Waals surface area contributed by atoms with Gasteiger partial charge in [-0.05, 0) is 35.6 Å². The average Bonchev–Trinajstić information content (AvgIpc) is 2.57. The molecular formula is C19H20N2OS. The first-order chi connectivity index (χ1) is 11.3. The second-order valence-electron chi connectivity index (χ2n) is 5.45. The minimum absolute atomic E-state index is 0.234. The Morgan fingerprint density at radius 3 is 2.83 bits per heavy atom. The van der Waals surface area contributed by atoms with Crippen LogP contribution in [0.2, 0.25) is 0 Å². The SMILES string of the molecule is CSc1cccc(/C=C/c2cccc3c2NCCC(=O)CN3)c1. The zero-order valence-electron chi connectivity index (χ0n) is 13.1. The Morgan fingerprint density at radius 2 is 1.96 bits per heavy atom. The summed E-state index contributed by atoms with van der Waals surface area (Å²) in [4.78, 5) is 12.8. The van der Waals surface area contributed by atoms with Gasteiger partial charge in [0.05, 0.1) is 17.9 Å². The molecule has 1 aliphatic heterocycles. The third kappa shape index (κ3) is 3.96. The van der Waals surface area contributed by atoms with Crippen molar-refractivity contribution in [1.29, 1.82) is 0 Å². The van der Waals surface area contributed by atoms with Gasteiger partial charge in [0.1, 0.15) is 0 Å². The summed E-state index contributed by atoms with van der Waals surface area (Å²) < 4.78 is 0. The molecule has 0 unspecified atom stereocenters. The third-order valence-electron chi connectivity index (χ3n) is 3.83. The minimum Gasteiger partial charge on any atom is -0.382 e. The maximum absolute atomic E-state index is 11.6. The number of carbonyl (C=O) groups excluding carboxylic acids is 1. The summed E-state index contributed by atoms with van der Waals surface area (Å²) in [6.45, 7) is 1.08. The summed E-state index contributed by atoms with van der Waals surface area (Å²) in [5.41, 5.74) is 4.36. The highest BCUT2D eigenvalue weighted by molar-refractivity contribution is 7.98. The first-order valence-electron chi connectivity index (χ1n) is 7.71. The molecule has 0 saturated carbocycles. The molecule has 118 valence electrons. The summed E-state index contributed by atoms with van der Waals surface area (Å²) in [7, 11) is 0. The van der Waals surface area contributed by atoms with Crippen molar-refractivity contribution < 1.29 is 4.79 Å². The monoisotopic (exact) mass is 324 g/mol. The number of fused-ring (bicyclic) bond motifs is 1. The highest BCUT2D eigenvalue weighted by atomic mass is 32.2. The van der Waals surface area contributed by atoms with Gasteiger partial charge in [0.25, 0.3) is 0 Å². The molecule has 4 heteroatoms. The summed E-state index contributed by atoms with van der Waals surface area (Å²) >= 11 is 1.74. The topological polar surface area (TPSA) is 41.1 Å². The number of ketones is 1. The van der Waals surface area contributed by atoms with Gasteiger partial charge in [0.2, 0.25) is 0 Å². The zero-order valence-corrected chi connectivity index (χ0v) is 14.0. The van der Waals surface area contributed by atoms with Crippen LogP contribution in [-0.4, -0.2) is 25.1 Å². The zero-order chi connectivity index (χ0) is 16.1. The van der Waals surface area contributed by atoms with Gasteiger partial charge >= 0.3 is 0 Å². The van der Waals surface area contributed by atoms with E-state index < -0.39 is 0 Å². The minimum atomic E-state index is 0.234. The molecule has 1 heterocycles. The van der Waals surface area contributed by atoms with Gasteiger partial charge in [0, 0.05) is 17.9 Å². The fourth-order valence-electron chi connectivity index (χ4n) is 2.59. The number of para-hydroxylation sites is 1. The maximum atomic E-state index is 11.6. The van der Waals surface area contributed by atoms with Crippen molar-refractivity contribution in [1.82, 2.24) is 0 Å². The molecule has 2 N–H and O–H groups in total. The van der Waals surface area contributed by atoms with Crippen LogP contribution >= 0.6 is 11.8 Å². The molecule has 0 fully saturated rings. The van der Waals surface area contributed by atoms with Crippen molar-refractivity contribution in [2.24, 2.45) is 0 Å². The van der Waals surface area contributed by atoms with Gasteiger partial charge in [-0.25, -0.2) is 0 Å². The molecule has 2 aromatic carbocycles. The van der Waals surface area contributed by atoms with Gasteiger partial charge in [-0.1, -0.05) is 36.4 Å². The Kier molecular flexibility index (Phi) is 5.03. The predicted molar refractivity (Wildman–Crippen MR) is 100 cm³/mol. The molecule has 1 aliphatic rings. The molecule has 0 radical (unpaired) electrons. The molecule has 23 heavy (non-hydrogen) atoms. The van der Waals surface area contributed by atoms with Crippen molar-refractivity contribution in [3.8, 4) is 0 Å². The number of nitrogens with one attached hydrogen (secondary N) is 2. The molecule has 0 spiro atoms. The smallest absolute Gasteiger partial charge is 0.153 e. The van der Waals surface area contributed by atoms with E-state index in [1.54, 1.807) is 11.8 Å². The Labute approximate surface area is 141 Å². The summed E-state index contributed by atoms with van der Waals surface area (Å²) in [5.74, 6) is 0.234. The highest BCUT2D eigenvalue weighted by Gasteiger charge is 2.11. The lowest BCUT2D eigenvalue weighted by atomic mass is 10.1. The molecule has 0 saturated heterocycles. The van der Waals surface area contributed by atoms with Gasteiger partial charge in [-0.2, -0.15) is 0 Å². The third-order valence-corrected chi connectivity index (χ3v) is 4.55. The van der Waals surface area contributed by atoms with E-state index in [2.05, 4.69) is 59.4 Å². The predicted octanol–water partition coefficient (Wildman–Crippen LogP) is 4.38. The number of hydrogen-bond acceptors (Lipinski definition) is 4. The van der Waals surface area contributed by atoms with Crippen LogP contribution in [-0.2, 0) is 4.79 Å². The molecule has 0 bridgehead atoms. The second kappa shape index (κ2) is 7.38. The summed E-state index contributed by atoms with van der Waals surface area (Å²) in [6, 6.07) is 14.6. The summed E-state index contributed by atoms with van der Waals surface area (Å²) in [5, 5.41) is 6.61. The van der Waals surface area contributed by atoms with Gasteiger partial charge in [0.15, 0.2) is 5.78 Å². The number of benzene rings is 2. The van der Waals surface area contributed by atoms with E-state index in [0.717, 1.165) is 16.9 Å². The lowest BCUT2D eigenvalue weighted by molar-refractivity contribution is -0.117. The molecule has 3 rings (SSSR count). The van der Waals surface area contributed by atoms with E-state index >= 15 is 0 Å². The quantitative estimate of drug-likeness (QED) is 0.649. The first kappa shape index (κ1) is 15.7. The van der Waals surface area contributed by atoms with Gasteiger partial charge in [-0.3, -0.25) is 4.79 Å². The molecule has 0 aromatic heterocycles. The number of Topliss-reactive ketones (excluding diaryl/α,β-unsaturated/α-hetero) is 1.